The molecule has 0 fully saturated rings. The molecule has 0 aliphatic rings. The van der Waals surface area contributed by atoms with Crippen molar-refractivity contribution >= 4 is 16.9 Å². The Kier molecular flexibility index (Phi) is 4.43. The Morgan fingerprint density at radius 2 is 1.90 bits per heavy atom. The first kappa shape index (κ1) is 15.3. The summed E-state index contributed by atoms with van der Waals surface area (Å²) in [7, 11) is 3.45. The number of benzene rings is 1. The third-order valence-corrected chi connectivity index (χ3v) is 3.58. The predicted molar refractivity (Wildman–Crippen MR) is 82.4 cm³/mol. The van der Waals surface area contributed by atoms with Crippen molar-refractivity contribution in [2.45, 2.75) is 20.4 Å². The standard InChI is InChI=1S/C16H20N2O3/c1-10-5-13-12(8-18(4)9-15(19)17-3)7-16(20)21-14(13)6-11(10)2/h5-7H,8-9H2,1-4H3,(H,17,19). The first-order chi connectivity index (χ1) is 9.90. The molecule has 21 heavy (non-hydrogen) atoms. The molecular formula is C16H20N2O3. The number of nitrogens with zero attached hydrogens (tertiary/aromatic N) is 1. The van der Waals surface area contributed by atoms with Gasteiger partial charge in [0.2, 0.25) is 5.91 Å². The number of amides is 1. The van der Waals surface area contributed by atoms with Gasteiger partial charge in [0.25, 0.3) is 0 Å². The van der Waals surface area contributed by atoms with Crippen molar-refractivity contribution in [2.75, 3.05) is 20.6 Å². The van der Waals surface area contributed by atoms with Crippen LogP contribution in [0.2, 0.25) is 0 Å². The van der Waals surface area contributed by atoms with E-state index in [1.807, 2.05) is 37.9 Å². The highest BCUT2D eigenvalue weighted by Crippen LogP contribution is 2.22. The molecule has 0 aliphatic heterocycles. The molecule has 0 aliphatic carbocycles. The highest BCUT2D eigenvalue weighted by molar-refractivity contribution is 5.82. The zero-order valence-corrected chi connectivity index (χ0v) is 12.8. The van der Waals surface area contributed by atoms with Gasteiger partial charge in [-0.1, -0.05) is 0 Å². The fourth-order valence-electron chi connectivity index (χ4n) is 2.28. The van der Waals surface area contributed by atoms with Crippen molar-refractivity contribution < 1.29 is 9.21 Å². The summed E-state index contributed by atoms with van der Waals surface area (Å²) in [6.45, 7) is 4.80. The number of fused-ring (bicyclic) bond motifs is 1. The minimum atomic E-state index is -0.367. The number of nitrogens with one attached hydrogen (secondary N) is 1. The first-order valence-electron chi connectivity index (χ1n) is 6.84. The van der Waals surface area contributed by atoms with Crippen LogP contribution in [0.15, 0.2) is 27.4 Å². The second-order valence-corrected chi connectivity index (χ2v) is 5.37. The summed E-state index contributed by atoms with van der Waals surface area (Å²) >= 11 is 0. The molecule has 2 rings (SSSR count). The quantitative estimate of drug-likeness (QED) is 0.868. The molecule has 0 unspecified atom stereocenters. The van der Waals surface area contributed by atoms with Gasteiger partial charge in [0, 0.05) is 25.0 Å². The number of hydrogen-bond acceptors (Lipinski definition) is 4. The molecule has 0 spiro atoms. The summed E-state index contributed by atoms with van der Waals surface area (Å²) in [6, 6.07) is 5.41. The van der Waals surface area contributed by atoms with Crippen molar-refractivity contribution in [1.29, 1.82) is 0 Å². The van der Waals surface area contributed by atoms with Crippen molar-refractivity contribution in [3.63, 3.8) is 0 Å². The molecule has 0 atom stereocenters. The van der Waals surface area contributed by atoms with Crippen molar-refractivity contribution in [3.8, 4) is 0 Å². The average Bonchev–Trinajstić information content (AvgIpc) is 2.40. The average molecular weight is 288 g/mol. The van der Waals surface area contributed by atoms with E-state index in [0.717, 1.165) is 22.1 Å². The first-order valence-corrected chi connectivity index (χ1v) is 6.84. The fraction of sp³-hybridized carbons (Fsp3) is 0.375. The lowest BCUT2D eigenvalue weighted by atomic mass is 10.0. The van der Waals surface area contributed by atoms with Gasteiger partial charge in [-0.25, -0.2) is 4.79 Å². The van der Waals surface area contributed by atoms with Crippen LogP contribution >= 0.6 is 0 Å². The molecule has 1 aromatic carbocycles. The second kappa shape index (κ2) is 6.10. The Morgan fingerprint density at radius 1 is 1.24 bits per heavy atom. The smallest absolute Gasteiger partial charge is 0.336 e. The van der Waals surface area contributed by atoms with Gasteiger partial charge in [0.1, 0.15) is 5.58 Å². The van der Waals surface area contributed by atoms with Crippen LogP contribution in [0.25, 0.3) is 11.0 Å². The van der Waals surface area contributed by atoms with Crippen LogP contribution < -0.4 is 10.9 Å². The Bertz CT molecular complexity index is 734. The largest absolute Gasteiger partial charge is 0.423 e. The Hall–Kier alpha value is -2.14. The maximum absolute atomic E-state index is 11.7. The van der Waals surface area contributed by atoms with E-state index in [1.165, 1.54) is 6.07 Å². The summed E-state index contributed by atoms with van der Waals surface area (Å²) in [5.41, 5.74) is 3.33. The van der Waals surface area contributed by atoms with Crippen molar-refractivity contribution in [3.05, 3.63) is 45.3 Å². The molecule has 1 amide bonds. The number of carbonyl (C=O) groups is 1. The minimum absolute atomic E-state index is 0.0585. The van der Waals surface area contributed by atoms with E-state index in [1.54, 1.807) is 7.05 Å². The second-order valence-electron chi connectivity index (χ2n) is 5.37. The molecule has 0 radical (unpaired) electrons. The monoisotopic (exact) mass is 288 g/mol. The van der Waals surface area contributed by atoms with E-state index in [2.05, 4.69) is 5.32 Å². The molecule has 0 saturated carbocycles. The highest BCUT2D eigenvalue weighted by Gasteiger charge is 2.11. The van der Waals surface area contributed by atoms with Crippen LogP contribution in [0.3, 0.4) is 0 Å². The molecule has 5 nitrogen and oxygen atoms in total. The zero-order chi connectivity index (χ0) is 15.6. The van der Waals surface area contributed by atoms with Crippen LogP contribution in [0.5, 0.6) is 0 Å². The summed E-state index contributed by atoms with van der Waals surface area (Å²) in [5, 5.41) is 3.50. The SMILES string of the molecule is CNC(=O)CN(C)Cc1cc(=O)oc2cc(C)c(C)cc12. The van der Waals surface area contributed by atoms with Crippen LogP contribution in [-0.4, -0.2) is 31.4 Å². The Morgan fingerprint density at radius 3 is 2.57 bits per heavy atom. The number of aryl methyl sites for hydroxylation is 2. The maximum Gasteiger partial charge on any atom is 0.336 e. The lowest BCUT2D eigenvalue weighted by Gasteiger charge is -2.16. The Labute approximate surface area is 123 Å². The van der Waals surface area contributed by atoms with E-state index in [4.69, 9.17) is 4.42 Å². The predicted octanol–water partition coefficient (Wildman–Crippen LogP) is 1.59. The highest BCUT2D eigenvalue weighted by atomic mass is 16.4. The van der Waals surface area contributed by atoms with Gasteiger partial charge >= 0.3 is 5.63 Å². The molecule has 5 heteroatoms. The summed E-state index contributed by atoms with van der Waals surface area (Å²) < 4.78 is 5.27. The van der Waals surface area contributed by atoms with Crippen molar-refractivity contribution in [1.82, 2.24) is 10.2 Å². The van der Waals surface area contributed by atoms with E-state index in [9.17, 15) is 9.59 Å². The van der Waals surface area contributed by atoms with Gasteiger partial charge in [0.05, 0.1) is 6.54 Å². The van der Waals surface area contributed by atoms with Crippen LogP contribution in [0.1, 0.15) is 16.7 Å². The summed E-state index contributed by atoms with van der Waals surface area (Å²) in [6.07, 6.45) is 0. The number of likely N-dealkylation sites (N-methyl/N-ethyl adjacent to an activating group) is 2. The number of hydrogen-bond donors (Lipinski definition) is 1. The summed E-state index contributed by atoms with van der Waals surface area (Å²) in [5.74, 6) is -0.0585. The fourth-order valence-corrected chi connectivity index (χ4v) is 2.28. The van der Waals surface area contributed by atoms with Crippen LogP contribution in [0, 0.1) is 13.8 Å². The van der Waals surface area contributed by atoms with Crippen LogP contribution in [-0.2, 0) is 11.3 Å². The normalized spacial score (nSPS) is 11.1. The van der Waals surface area contributed by atoms with E-state index in [0.29, 0.717) is 12.1 Å². The molecule has 1 N–H and O–H groups in total. The topological polar surface area (TPSA) is 62.6 Å². The van der Waals surface area contributed by atoms with E-state index in [-0.39, 0.29) is 18.1 Å². The van der Waals surface area contributed by atoms with E-state index < -0.39 is 0 Å². The molecule has 112 valence electrons. The third-order valence-electron chi connectivity index (χ3n) is 3.58. The molecular weight excluding hydrogens is 268 g/mol. The van der Waals surface area contributed by atoms with Gasteiger partial charge in [0.15, 0.2) is 0 Å². The zero-order valence-electron chi connectivity index (χ0n) is 12.8. The van der Waals surface area contributed by atoms with Gasteiger partial charge in [-0.2, -0.15) is 0 Å². The van der Waals surface area contributed by atoms with Crippen LogP contribution in [0.4, 0.5) is 0 Å². The van der Waals surface area contributed by atoms with Crippen molar-refractivity contribution in [2.24, 2.45) is 0 Å². The molecule has 0 bridgehead atoms. The summed E-state index contributed by atoms with van der Waals surface area (Å²) in [4.78, 5) is 25.0. The van der Waals surface area contributed by atoms with E-state index >= 15 is 0 Å². The third kappa shape index (κ3) is 3.49. The molecule has 1 heterocycles. The lowest BCUT2D eigenvalue weighted by Crippen LogP contribution is -2.32. The number of carbonyl (C=O) groups excluding carboxylic acids is 1. The van der Waals surface area contributed by atoms with Gasteiger partial charge in [-0.05, 0) is 49.7 Å². The maximum atomic E-state index is 11.7. The molecule has 2 aromatic rings. The van der Waals surface area contributed by atoms with Gasteiger partial charge in [-0.15, -0.1) is 0 Å². The molecule has 0 saturated heterocycles. The minimum Gasteiger partial charge on any atom is -0.423 e. The number of rotatable bonds is 4. The molecule has 1 aromatic heterocycles. The Balaban J connectivity index is 2.41. The lowest BCUT2D eigenvalue weighted by molar-refractivity contribution is -0.121. The van der Waals surface area contributed by atoms with Gasteiger partial charge < -0.3 is 9.73 Å². The van der Waals surface area contributed by atoms with Gasteiger partial charge in [-0.3, -0.25) is 9.69 Å².